The van der Waals surface area contributed by atoms with Gasteiger partial charge >= 0.3 is 0 Å². The fourth-order valence-corrected chi connectivity index (χ4v) is 1.29. The Morgan fingerprint density at radius 3 is 2.42 bits per heavy atom. The van der Waals surface area contributed by atoms with E-state index in [0.717, 1.165) is 18.1 Å². The SMILES string of the molecule is CCc1ccc(F)c(F)c1.O=Cc1ccc[nH]c1=O. The Morgan fingerprint density at radius 1 is 1.21 bits per heavy atom. The zero-order valence-corrected chi connectivity index (χ0v) is 10.3. The highest BCUT2D eigenvalue weighted by molar-refractivity contribution is 5.73. The van der Waals surface area contributed by atoms with Crippen molar-refractivity contribution in [2.24, 2.45) is 0 Å². The Balaban J connectivity index is 0.000000191. The summed E-state index contributed by atoms with van der Waals surface area (Å²) in [5, 5.41) is 0. The van der Waals surface area contributed by atoms with E-state index in [1.165, 1.54) is 18.3 Å². The molecule has 2 aromatic rings. The Morgan fingerprint density at radius 2 is 1.95 bits per heavy atom. The Kier molecular flexibility index (Phi) is 5.60. The van der Waals surface area contributed by atoms with E-state index >= 15 is 0 Å². The van der Waals surface area contributed by atoms with Crippen molar-refractivity contribution in [2.45, 2.75) is 13.3 Å². The molecule has 19 heavy (non-hydrogen) atoms. The molecule has 0 bridgehead atoms. The fourth-order valence-electron chi connectivity index (χ4n) is 1.29. The van der Waals surface area contributed by atoms with E-state index in [-0.39, 0.29) is 11.1 Å². The van der Waals surface area contributed by atoms with Crippen molar-refractivity contribution in [1.82, 2.24) is 4.98 Å². The van der Waals surface area contributed by atoms with Crippen LogP contribution in [-0.4, -0.2) is 11.3 Å². The number of aldehydes is 1. The third-order valence-electron chi connectivity index (χ3n) is 2.37. The van der Waals surface area contributed by atoms with Crippen molar-refractivity contribution in [3.63, 3.8) is 0 Å². The zero-order valence-electron chi connectivity index (χ0n) is 10.3. The van der Waals surface area contributed by atoms with Gasteiger partial charge in [0.05, 0.1) is 5.56 Å². The number of rotatable bonds is 2. The monoisotopic (exact) mass is 265 g/mol. The summed E-state index contributed by atoms with van der Waals surface area (Å²) in [4.78, 5) is 22.9. The van der Waals surface area contributed by atoms with Crippen LogP contribution in [-0.2, 0) is 6.42 Å². The number of halogens is 2. The second-order valence-corrected chi connectivity index (χ2v) is 3.67. The third-order valence-corrected chi connectivity index (χ3v) is 2.37. The van der Waals surface area contributed by atoms with Crippen LogP contribution in [0.25, 0.3) is 0 Å². The van der Waals surface area contributed by atoms with Crippen molar-refractivity contribution in [3.05, 3.63) is 69.6 Å². The molecule has 0 saturated heterocycles. The van der Waals surface area contributed by atoms with Gasteiger partial charge in [-0.1, -0.05) is 13.0 Å². The first-order valence-electron chi connectivity index (χ1n) is 5.65. The lowest BCUT2D eigenvalue weighted by molar-refractivity contribution is 0.112. The minimum Gasteiger partial charge on any atom is -0.329 e. The second kappa shape index (κ2) is 7.20. The molecule has 0 radical (unpaired) electrons. The molecule has 0 fully saturated rings. The number of aromatic nitrogens is 1. The molecule has 1 heterocycles. The second-order valence-electron chi connectivity index (χ2n) is 3.67. The molecule has 1 aromatic heterocycles. The van der Waals surface area contributed by atoms with Gasteiger partial charge in [-0.2, -0.15) is 0 Å². The van der Waals surface area contributed by atoms with Crippen LogP contribution in [0.4, 0.5) is 8.78 Å². The maximum Gasteiger partial charge on any atom is 0.258 e. The Labute approximate surface area is 108 Å². The molecule has 0 spiro atoms. The molecule has 0 aliphatic carbocycles. The van der Waals surface area contributed by atoms with Crippen LogP contribution in [0, 0.1) is 11.6 Å². The summed E-state index contributed by atoms with van der Waals surface area (Å²) in [6.07, 6.45) is 2.74. The van der Waals surface area contributed by atoms with Gasteiger partial charge in [0.2, 0.25) is 0 Å². The van der Waals surface area contributed by atoms with Gasteiger partial charge in [0, 0.05) is 6.20 Å². The van der Waals surface area contributed by atoms with E-state index in [4.69, 9.17) is 0 Å². The lowest BCUT2D eigenvalue weighted by Crippen LogP contribution is -2.09. The molecule has 5 heteroatoms. The summed E-state index contributed by atoms with van der Waals surface area (Å²) in [5.41, 5.74) is 0.643. The number of benzene rings is 1. The average molecular weight is 265 g/mol. The maximum absolute atomic E-state index is 12.4. The summed E-state index contributed by atoms with van der Waals surface area (Å²) >= 11 is 0. The molecule has 0 amide bonds. The van der Waals surface area contributed by atoms with Gasteiger partial charge in [-0.15, -0.1) is 0 Å². The van der Waals surface area contributed by atoms with Crippen LogP contribution >= 0.6 is 0 Å². The number of hydrogen-bond acceptors (Lipinski definition) is 2. The van der Waals surface area contributed by atoms with Gasteiger partial charge in [-0.05, 0) is 36.2 Å². The number of H-pyrrole nitrogens is 1. The number of aromatic amines is 1. The van der Waals surface area contributed by atoms with E-state index in [9.17, 15) is 18.4 Å². The molecule has 0 unspecified atom stereocenters. The normalized spacial score (nSPS) is 9.42. The first-order valence-corrected chi connectivity index (χ1v) is 5.65. The lowest BCUT2D eigenvalue weighted by atomic mass is 10.2. The maximum atomic E-state index is 12.4. The van der Waals surface area contributed by atoms with Gasteiger partial charge in [-0.25, -0.2) is 8.78 Å². The summed E-state index contributed by atoms with van der Waals surface area (Å²) in [6.45, 7) is 1.90. The van der Waals surface area contributed by atoms with E-state index in [1.807, 2.05) is 6.92 Å². The van der Waals surface area contributed by atoms with Crippen molar-refractivity contribution in [2.75, 3.05) is 0 Å². The van der Waals surface area contributed by atoms with E-state index in [0.29, 0.717) is 6.29 Å². The Hall–Kier alpha value is -2.30. The van der Waals surface area contributed by atoms with Crippen molar-refractivity contribution in [3.8, 4) is 0 Å². The quantitative estimate of drug-likeness (QED) is 0.849. The van der Waals surface area contributed by atoms with Crippen LogP contribution in [0.2, 0.25) is 0 Å². The zero-order chi connectivity index (χ0) is 14.3. The molecular weight excluding hydrogens is 252 g/mol. The molecule has 100 valence electrons. The molecular formula is C14H13F2NO2. The van der Waals surface area contributed by atoms with E-state index < -0.39 is 11.6 Å². The number of pyridine rings is 1. The van der Waals surface area contributed by atoms with Crippen LogP contribution in [0.3, 0.4) is 0 Å². The number of carbonyl (C=O) groups is 1. The molecule has 2 rings (SSSR count). The summed E-state index contributed by atoms with van der Waals surface area (Å²) in [5.74, 6) is -1.54. The average Bonchev–Trinajstić information content (AvgIpc) is 2.43. The van der Waals surface area contributed by atoms with Gasteiger partial charge in [0.25, 0.3) is 5.56 Å². The highest BCUT2D eigenvalue weighted by Crippen LogP contribution is 2.08. The minimum atomic E-state index is -0.780. The van der Waals surface area contributed by atoms with Gasteiger partial charge < -0.3 is 4.98 Å². The third kappa shape index (κ3) is 4.46. The van der Waals surface area contributed by atoms with Crippen LogP contribution in [0.5, 0.6) is 0 Å². The molecule has 0 aliphatic heterocycles. The van der Waals surface area contributed by atoms with Crippen LogP contribution in [0.1, 0.15) is 22.8 Å². The highest BCUT2D eigenvalue weighted by Gasteiger charge is 1.99. The minimum absolute atomic E-state index is 0.164. The van der Waals surface area contributed by atoms with Gasteiger partial charge in [0.15, 0.2) is 17.9 Å². The van der Waals surface area contributed by atoms with Gasteiger partial charge in [-0.3, -0.25) is 9.59 Å². The topological polar surface area (TPSA) is 49.9 Å². The van der Waals surface area contributed by atoms with Gasteiger partial charge in [0.1, 0.15) is 0 Å². The van der Waals surface area contributed by atoms with Crippen molar-refractivity contribution >= 4 is 6.29 Å². The predicted molar refractivity (Wildman–Crippen MR) is 68.2 cm³/mol. The first kappa shape index (κ1) is 14.8. The van der Waals surface area contributed by atoms with E-state index in [2.05, 4.69) is 4.98 Å². The largest absolute Gasteiger partial charge is 0.329 e. The summed E-state index contributed by atoms with van der Waals surface area (Å²) < 4.78 is 24.7. The number of carbonyl (C=O) groups excluding carboxylic acids is 1. The van der Waals surface area contributed by atoms with Crippen LogP contribution in [0.15, 0.2) is 41.3 Å². The number of aryl methyl sites for hydroxylation is 1. The number of nitrogens with one attached hydrogen (secondary N) is 1. The molecule has 1 aromatic carbocycles. The van der Waals surface area contributed by atoms with E-state index in [1.54, 1.807) is 12.1 Å². The molecule has 1 N–H and O–H groups in total. The summed E-state index contributed by atoms with van der Waals surface area (Å²) in [7, 11) is 0. The summed E-state index contributed by atoms with van der Waals surface area (Å²) in [6, 6.07) is 7.01. The van der Waals surface area contributed by atoms with Crippen LogP contribution < -0.4 is 5.56 Å². The lowest BCUT2D eigenvalue weighted by Gasteiger charge is -1.95. The van der Waals surface area contributed by atoms with Crippen molar-refractivity contribution < 1.29 is 13.6 Å². The molecule has 0 saturated carbocycles. The number of hydrogen-bond donors (Lipinski definition) is 1. The highest BCUT2D eigenvalue weighted by atomic mass is 19.2. The predicted octanol–water partition coefficient (Wildman–Crippen LogP) is 2.71. The fraction of sp³-hybridized carbons (Fsp3) is 0.143. The van der Waals surface area contributed by atoms with Crippen molar-refractivity contribution in [1.29, 1.82) is 0 Å². The molecule has 0 atom stereocenters. The molecule has 0 aliphatic rings. The first-order chi connectivity index (χ1) is 9.08. The molecule has 3 nitrogen and oxygen atoms in total. The Bertz CT molecular complexity index is 608. The smallest absolute Gasteiger partial charge is 0.258 e. The standard InChI is InChI=1S/C8H8F2.C6H5NO2/c1-2-6-3-4-7(9)8(10)5-6;8-4-5-2-1-3-7-6(5)9/h3-5H,2H2,1H3;1-4H,(H,7,9).